The Labute approximate surface area is 109 Å². The molecule has 3 aromatic rings. The quantitative estimate of drug-likeness (QED) is 0.708. The fraction of sp³-hybridized carbons (Fsp3) is 0.154. The molecule has 0 aliphatic carbocycles. The van der Waals surface area contributed by atoms with Crippen LogP contribution in [0.1, 0.15) is 5.69 Å². The summed E-state index contributed by atoms with van der Waals surface area (Å²) in [4.78, 5) is 4.32. The lowest BCUT2D eigenvalue weighted by atomic mass is 10.1. The number of aryl methyl sites for hydroxylation is 2. The minimum atomic E-state index is 0.888. The molecule has 18 heavy (non-hydrogen) atoms. The third-order valence-corrected chi connectivity index (χ3v) is 3.55. The highest BCUT2D eigenvalue weighted by Gasteiger charge is 2.12. The van der Waals surface area contributed by atoms with Gasteiger partial charge in [0, 0.05) is 24.2 Å². The van der Waals surface area contributed by atoms with Crippen molar-refractivity contribution in [2.75, 3.05) is 0 Å². The van der Waals surface area contributed by atoms with Crippen molar-refractivity contribution in [3.05, 3.63) is 41.5 Å². The van der Waals surface area contributed by atoms with Crippen LogP contribution in [-0.4, -0.2) is 19.1 Å². The maximum atomic E-state index is 4.51. The predicted molar refractivity (Wildman–Crippen MR) is 72.3 cm³/mol. The van der Waals surface area contributed by atoms with Gasteiger partial charge in [0.15, 0.2) is 0 Å². The Kier molecular flexibility index (Phi) is 2.68. The van der Waals surface area contributed by atoms with E-state index in [1.54, 1.807) is 6.20 Å². The van der Waals surface area contributed by atoms with E-state index in [1.807, 2.05) is 36.9 Å². The molecule has 0 aliphatic heterocycles. The van der Waals surface area contributed by atoms with Crippen molar-refractivity contribution < 1.29 is 0 Å². The zero-order valence-electron chi connectivity index (χ0n) is 10.2. The second-order valence-corrected chi connectivity index (χ2v) is 4.70. The van der Waals surface area contributed by atoms with Gasteiger partial charge in [-0.1, -0.05) is 6.07 Å². The predicted octanol–water partition coefficient (Wildman–Crippen LogP) is 2.91. The molecule has 3 heterocycles. The maximum absolute atomic E-state index is 4.51. The average Bonchev–Trinajstić information content (AvgIpc) is 2.96. The molecule has 0 amide bonds. The third kappa shape index (κ3) is 1.82. The molecule has 0 radical (unpaired) electrons. The Morgan fingerprint density at radius 3 is 2.78 bits per heavy atom. The molecule has 0 spiro atoms. The van der Waals surface area contributed by atoms with E-state index in [9.17, 15) is 0 Å². The molecular formula is C13H12N4S. The fourth-order valence-corrected chi connectivity index (χ4v) is 2.60. The highest BCUT2D eigenvalue weighted by Crippen LogP contribution is 2.27. The summed E-state index contributed by atoms with van der Waals surface area (Å²) in [6.45, 7) is 2.01. The summed E-state index contributed by atoms with van der Waals surface area (Å²) in [6, 6.07) is 7.89. The maximum Gasteiger partial charge on any atom is 0.111 e. The molecule has 3 rings (SSSR count). The van der Waals surface area contributed by atoms with Crippen LogP contribution in [0.3, 0.4) is 0 Å². The van der Waals surface area contributed by atoms with Gasteiger partial charge in [-0.3, -0.25) is 9.67 Å². The molecule has 0 saturated carbocycles. The average molecular weight is 256 g/mol. The molecule has 4 nitrogen and oxygen atoms in total. The Hall–Kier alpha value is -2.01. The van der Waals surface area contributed by atoms with Crippen molar-refractivity contribution in [3.63, 3.8) is 0 Å². The molecule has 0 atom stereocenters. The number of hydrogen-bond acceptors (Lipinski definition) is 4. The van der Waals surface area contributed by atoms with Gasteiger partial charge in [-0.2, -0.15) is 9.47 Å². The van der Waals surface area contributed by atoms with Gasteiger partial charge in [0.05, 0.1) is 17.1 Å². The number of pyridine rings is 1. The molecule has 0 saturated heterocycles. The van der Waals surface area contributed by atoms with Crippen LogP contribution in [0.5, 0.6) is 0 Å². The molecule has 5 heteroatoms. The zero-order chi connectivity index (χ0) is 12.5. The minimum Gasteiger partial charge on any atom is -0.267 e. The minimum absolute atomic E-state index is 0.888. The Morgan fingerprint density at radius 1 is 1.22 bits per heavy atom. The Morgan fingerprint density at radius 2 is 2.11 bits per heavy atom. The SMILES string of the molecule is Cc1nscc1-c1cc(-c2ccccn2)nn1C. The standard InChI is InChI=1S/C13H12N4S/c1-9-10(8-18-16-9)13-7-12(15-17(13)2)11-5-3-4-6-14-11/h3-8H,1-2H3. The monoisotopic (exact) mass is 256 g/mol. The summed E-state index contributed by atoms with van der Waals surface area (Å²) < 4.78 is 6.18. The zero-order valence-corrected chi connectivity index (χ0v) is 11.0. The molecular weight excluding hydrogens is 244 g/mol. The van der Waals surface area contributed by atoms with Gasteiger partial charge in [-0.05, 0) is 36.7 Å². The van der Waals surface area contributed by atoms with Crippen LogP contribution in [0, 0.1) is 6.92 Å². The third-order valence-electron chi connectivity index (χ3n) is 2.83. The second kappa shape index (κ2) is 4.34. The van der Waals surface area contributed by atoms with Crippen molar-refractivity contribution >= 4 is 11.5 Å². The number of nitrogens with zero attached hydrogens (tertiary/aromatic N) is 4. The smallest absolute Gasteiger partial charge is 0.111 e. The van der Waals surface area contributed by atoms with Crippen LogP contribution in [0.15, 0.2) is 35.8 Å². The van der Waals surface area contributed by atoms with Crippen LogP contribution in [-0.2, 0) is 7.05 Å². The Balaban J connectivity index is 2.10. The summed E-state index contributed by atoms with van der Waals surface area (Å²) in [6.07, 6.45) is 1.78. The largest absolute Gasteiger partial charge is 0.267 e. The summed E-state index contributed by atoms with van der Waals surface area (Å²) >= 11 is 1.47. The molecule has 0 unspecified atom stereocenters. The van der Waals surface area contributed by atoms with E-state index in [2.05, 4.69) is 25.9 Å². The molecule has 3 aromatic heterocycles. The van der Waals surface area contributed by atoms with Crippen LogP contribution < -0.4 is 0 Å². The van der Waals surface area contributed by atoms with Crippen LogP contribution in [0.4, 0.5) is 0 Å². The van der Waals surface area contributed by atoms with E-state index in [0.717, 1.165) is 28.3 Å². The van der Waals surface area contributed by atoms with Crippen molar-refractivity contribution in [2.24, 2.45) is 7.05 Å². The van der Waals surface area contributed by atoms with Gasteiger partial charge in [-0.15, -0.1) is 0 Å². The topological polar surface area (TPSA) is 43.6 Å². The van der Waals surface area contributed by atoms with Gasteiger partial charge in [0.2, 0.25) is 0 Å². The van der Waals surface area contributed by atoms with Crippen LogP contribution in [0.2, 0.25) is 0 Å². The number of rotatable bonds is 2. The highest BCUT2D eigenvalue weighted by atomic mass is 32.1. The van der Waals surface area contributed by atoms with E-state index in [4.69, 9.17) is 0 Å². The second-order valence-electron chi connectivity index (χ2n) is 4.07. The summed E-state index contributed by atoms with van der Waals surface area (Å²) in [5.74, 6) is 0. The van der Waals surface area contributed by atoms with Crippen molar-refractivity contribution in [1.82, 2.24) is 19.1 Å². The van der Waals surface area contributed by atoms with Crippen molar-refractivity contribution in [3.8, 4) is 22.6 Å². The Bertz CT molecular complexity index is 669. The van der Waals surface area contributed by atoms with E-state index < -0.39 is 0 Å². The van der Waals surface area contributed by atoms with E-state index >= 15 is 0 Å². The first kappa shape index (κ1) is 11.1. The lowest BCUT2D eigenvalue weighted by molar-refractivity contribution is 0.777. The lowest BCUT2D eigenvalue weighted by Crippen LogP contribution is -1.94. The fourth-order valence-electron chi connectivity index (χ4n) is 1.90. The first-order chi connectivity index (χ1) is 8.75. The van der Waals surface area contributed by atoms with Crippen LogP contribution in [0.25, 0.3) is 22.6 Å². The normalized spacial score (nSPS) is 10.8. The molecule has 0 aromatic carbocycles. The van der Waals surface area contributed by atoms with Gasteiger partial charge in [0.25, 0.3) is 0 Å². The summed E-state index contributed by atoms with van der Waals surface area (Å²) in [5, 5.41) is 6.56. The summed E-state index contributed by atoms with van der Waals surface area (Å²) in [7, 11) is 1.94. The lowest BCUT2D eigenvalue weighted by Gasteiger charge is -1.98. The number of aromatic nitrogens is 4. The van der Waals surface area contributed by atoms with E-state index in [1.165, 1.54) is 11.5 Å². The van der Waals surface area contributed by atoms with Crippen molar-refractivity contribution in [1.29, 1.82) is 0 Å². The molecule has 90 valence electrons. The van der Waals surface area contributed by atoms with Gasteiger partial charge in [-0.25, -0.2) is 0 Å². The number of hydrogen-bond donors (Lipinski definition) is 0. The van der Waals surface area contributed by atoms with E-state index in [0.29, 0.717) is 0 Å². The first-order valence-electron chi connectivity index (χ1n) is 5.62. The molecule has 0 aliphatic rings. The first-order valence-corrected chi connectivity index (χ1v) is 6.46. The van der Waals surface area contributed by atoms with Gasteiger partial charge < -0.3 is 0 Å². The highest BCUT2D eigenvalue weighted by molar-refractivity contribution is 7.04. The van der Waals surface area contributed by atoms with Gasteiger partial charge in [0.1, 0.15) is 5.69 Å². The van der Waals surface area contributed by atoms with Crippen LogP contribution >= 0.6 is 11.5 Å². The van der Waals surface area contributed by atoms with E-state index in [-0.39, 0.29) is 0 Å². The molecule has 0 fully saturated rings. The summed E-state index contributed by atoms with van der Waals surface area (Å²) in [5.41, 5.74) is 5.02. The molecule has 0 N–H and O–H groups in total. The van der Waals surface area contributed by atoms with Gasteiger partial charge >= 0.3 is 0 Å². The van der Waals surface area contributed by atoms with Crippen molar-refractivity contribution in [2.45, 2.75) is 6.92 Å². The molecule has 0 bridgehead atoms.